The number of esters is 1. The van der Waals surface area contributed by atoms with Crippen LogP contribution in [-0.4, -0.2) is 18.5 Å². The number of nitrogens with one attached hydrogen (secondary N) is 1. The Bertz CT molecular complexity index is 432. The summed E-state index contributed by atoms with van der Waals surface area (Å²) in [6.07, 6.45) is -0.416. The smallest absolute Gasteiger partial charge is 0.315 e. The van der Waals surface area contributed by atoms with E-state index in [1.54, 1.807) is 19.9 Å². The number of aryl methyl sites for hydroxylation is 1. The molecule has 0 aliphatic carbocycles. The molecule has 0 aromatic heterocycles. The van der Waals surface area contributed by atoms with Crippen LogP contribution in [0.4, 0.5) is 10.1 Å². The highest BCUT2D eigenvalue weighted by Gasteiger charge is 2.12. The standard InChI is InChI=1S/C12H14FNO3/c1-3-17-12(16)7-11(15)14-10-5-4-8(2)6-9(10)13/h4-6H,3,7H2,1-2H3,(H,14,15). The largest absolute Gasteiger partial charge is 0.466 e. The first-order valence-corrected chi connectivity index (χ1v) is 5.24. The monoisotopic (exact) mass is 239 g/mol. The van der Waals surface area contributed by atoms with Crippen LogP contribution in [-0.2, 0) is 14.3 Å². The van der Waals surface area contributed by atoms with Gasteiger partial charge in [-0.25, -0.2) is 4.39 Å². The van der Waals surface area contributed by atoms with Gasteiger partial charge in [-0.05, 0) is 31.5 Å². The van der Waals surface area contributed by atoms with Crippen LogP contribution >= 0.6 is 0 Å². The summed E-state index contributed by atoms with van der Waals surface area (Å²) in [5.74, 6) is -1.74. The van der Waals surface area contributed by atoms with Gasteiger partial charge < -0.3 is 10.1 Å². The Balaban J connectivity index is 2.59. The van der Waals surface area contributed by atoms with Crippen LogP contribution < -0.4 is 5.32 Å². The van der Waals surface area contributed by atoms with Gasteiger partial charge in [-0.15, -0.1) is 0 Å². The number of amides is 1. The summed E-state index contributed by atoms with van der Waals surface area (Å²) in [6, 6.07) is 4.43. The molecule has 0 saturated heterocycles. The molecule has 17 heavy (non-hydrogen) atoms. The average molecular weight is 239 g/mol. The third-order valence-electron chi connectivity index (χ3n) is 2.01. The van der Waals surface area contributed by atoms with Gasteiger partial charge in [0.2, 0.25) is 5.91 Å². The van der Waals surface area contributed by atoms with E-state index < -0.39 is 24.1 Å². The highest BCUT2D eigenvalue weighted by Crippen LogP contribution is 2.15. The third kappa shape index (κ3) is 4.22. The van der Waals surface area contributed by atoms with Gasteiger partial charge in [0.25, 0.3) is 0 Å². The molecule has 1 N–H and O–H groups in total. The van der Waals surface area contributed by atoms with Gasteiger partial charge in [-0.3, -0.25) is 9.59 Å². The summed E-state index contributed by atoms with van der Waals surface area (Å²) in [4.78, 5) is 22.4. The number of halogens is 1. The van der Waals surface area contributed by atoms with Crippen LogP contribution in [0.25, 0.3) is 0 Å². The van der Waals surface area contributed by atoms with Gasteiger partial charge in [0.1, 0.15) is 12.2 Å². The molecule has 0 radical (unpaired) electrons. The number of carbonyl (C=O) groups excluding carboxylic acids is 2. The fourth-order valence-electron chi connectivity index (χ4n) is 1.26. The lowest BCUT2D eigenvalue weighted by Gasteiger charge is -2.06. The molecule has 1 rings (SSSR count). The number of rotatable bonds is 4. The van der Waals surface area contributed by atoms with Crippen molar-refractivity contribution < 1.29 is 18.7 Å². The molecule has 0 unspecified atom stereocenters. The topological polar surface area (TPSA) is 55.4 Å². The minimum atomic E-state index is -0.627. The second-order valence-corrected chi connectivity index (χ2v) is 3.51. The van der Waals surface area contributed by atoms with E-state index in [0.717, 1.165) is 5.56 Å². The van der Waals surface area contributed by atoms with E-state index in [0.29, 0.717) is 0 Å². The quantitative estimate of drug-likeness (QED) is 0.646. The maximum Gasteiger partial charge on any atom is 0.315 e. The Morgan fingerprint density at radius 1 is 1.41 bits per heavy atom. The van der Waals surface area contributed by atoms with Crippen LogP contribution in [0.2, 0.25) is 0 Å². The van der Waals surface area contributed by atoms with Gasteiger partial charge in [0, 0.05) is 0 Å². The van der Waals surface area contributed by atoms with Gasteiger partial charge in [-0.1, -0.05) is 6.07 Å². The highest BCUT2D eigenvalue weighted by atomic mass is 19.1. The van der Waals surface area contributed by atoms with E-state index in [1.165, 1.54) is 12.1 Å². The zero-order valence-corrected chi connectivity index (χ0v) is 9.75. The molecule has 0 saturated carbocycles. The molecule has 0 bridgehead atoms. The summed E-state index contributed by atoms with van der Waals surface area (Å²) in [5.41, 5.74) is 0.816. The highest BCUT2D eigenvalue weighted by molar-refractivity contribution is 6.01. The number of benzene rings is 1. The third-order valence-corrected chi connectivity index (χ3v) is 2.01. The van der Waals surface area contributed by atoms with Crippen molar-refractivity contribution in [1.82, 2.24) is 0 Å². The molecule has 92 valence electrons. The van der Waals surface area contributed by atoms with E-state index in [2.05, 4.69) is 10.1 Å². The molecule has 0 aliphatic rings. The Morgan fingerprint density at radius 3 is 2.71 bits per heavy atom. The number of hydrogen-bond donors (Lipinski definition) is 1. The van der Waals surface area contributed by atoms with Crippen molar-refractivity contribution in [1.29, 1.82) is 0 Å². The summed E-state index contributed by atoms with van der Waals surface area (Å²) in [7, 11) is 0. The molecule has 0 fully saturated rings. The molecular weight excluding hydrogens is 225 g/mol. The lowest BCUT2D eigenvalue weighted by molar-refractivity contribution is -0.145. The van der Waals surface area contributed by atoms with Crippen molar-refractivity contribution in [3.8, 4) is 0 Å². The lowest BCUT2D eigenvalue weighted by atomic mass is 10.2. The fourth-order valence-corrected chi connectivity index (χ4v) is 1.26. The second kappa shape index (κ2) is 5.98. The maximum atomic E-state index is 13.4. The van der Waals surface area contributed by atoms with Crippen molar-refractivity contribution in [3.05, 3.63) is 29.6 Å². The van der Waals surface area contributed by atoms with Crippen LogP contribution in [0.15, 0.2) is 18.2 Å². The Labute approximate surface area is 98.8 Å². The van der Waals surface area contributed by atoms with Crippen LogP contribution in [0.5, 0.6) is 0 Å². The average Bonchev–Trinajstić information content (AvgIpc) is 2.22. The lowest BCUT2D eigenvalue weighted by Crippen LogP contribution is -2.18. The van der Waals surface area contributed by atoms with Gasteiger partial charge in [0.15, 0.2) is 0 Å². The molecule has 0 spiro atoms. The van der Waals surface area contributed by atoms with Gasteiger partial charge >= 0.3 is 5.97 Å². The van der Waals surface area contributed by atoms with Crippen molar-refractivity contribution in [3.63, 3.8) is 0 Å². The van der Waals surface area contributed by atoms with Crippen LogP contribution in [0.3, 0.4) is 0 Å². The summed E-state index contributed by atoms with van der Waals surface area (Å²) in [5, 5.41) is 2.31. The van der Waals surface area contributed by atoms with Gasteiger partial charge in [-0.2, -0.15) is 0 Å². The molecule has 0 atom stereocenters. The van der Waals surface area contributed by atoms with Crippen molar-refractivity contribution in [2.75, 3.05) is 11.9 Å². The van der Waals surface area contributed by atoms with E-state index >= 15 is 0 Å². The normalized spacial score (nSPS) is 9.82. The zero-order chi connectivity index (χ0) is 12.8. The summed E-state index contributed by atoms with van der Waals surface area (Å²) in [6.45, 7) is 3.60. The van der Waals surface area contributed by atoms with Gasteiger partial charge in [0.05, 0.1) is 12.3 Å². The molecule has 1 aromatic rings. The van der Waals surface area contributed by atoms with Crippen LogP contribution in [0, 0.1) is 12.7 Å². The number of anilines is 1. The maximum absolute atomic E-state index is 13.4. The van der Waals surface area contributed by atoms with Crippen molar-refractivity contribution >= 4 is 17.6 Å². The minimum absolute atomic E-state index is 0.0601. The number of carbonyl (C=O) groups is 2. The van der Waals surface area contributed by atoms with Crippen molar-refractivity contribution in [2.24, 2.45) is 0 Å². The van der Waals surface area contributed by atoms with Crippen molar-refractivity contribution in [2.45, 2.75) is 20.3 Å². The first kappa shape index (κ1) is 13.2. The zero-order valence-electron chi connectivity index (χ0n) is 9.75. The summed E-state index contributed by atoms with van der Waals surface area (Å²) >= 11 is 0. The van der Waals surface area contributed by atoms with E-state index in [-0.39, 0.29) is 12.3 Å². The van der Waals surface area contributed by atoms with E-state index in [4.69, 9.17) is 0 Å². The molecule has 0 aliphatic heterocycles. The molecular formula is C12H14FNO3. The predicted octanol–water partition coefficient (Wildman–Crippen LogP) is 2.03. The molecule has 0 heterocycles. The first-order valence-electron chi connectivity index (χ1n) is 5.24. The SMILES string of the molecule is CCOC(=O)CC(=O)Nc1ccc(C)cc1F. The Hall–Kier alpha value is -1.91. The number of ether oxygens (including phenoxy) is 1. The fraction of sp³-hybridized carbons (Fsp3) is 0.333. The van der Waals surface area contributed by atoms with E-state index in [9.17, 15) is 14.0 Å². The molecule has 5 heteroatoms. The minimum Gasteiger partial charge on any atom is -0.466 e. The molecule has 1 aromatic carbocycles. The second-order valence-electron chi connectivity index (χ2n) is 3.51. The van der Waals surface area contributed by atoms with Crippen LogP contribution in [0.1, 0.15) is 18.9 Å². The molecule has 4 nitrogen and oxygen atoms in total. The first-order chi connectivity index (χ1) is 8.02. The molecule has 1 amide bonds. The predicted molar refractivity (Wildman–Crippen MR) is 61.0 cm³/mol. The Kier molecular flexibility index (Phi) is 4.63. The summed E-state index contributed by atoms with van der Waals surface area (Å²) < 4.78 is 18.0. The number of hydrogen-bond acceptors (Lipinski definition) is 3. The Morgan fingerprint density at radius 2 is 2.12 bits per heavy atom. The van der Waals surface area contributed by atoms with E-state index in [1.807, 2.05) is 0 Å².